The van der Waals surface area contributed by atoms with Crippen molar-refractivity contribution in [2.24, 2.45) is 5.73 Å². The molecule has 1 aliphatic rings. The summed E-state index contributed by atoms with van der Waals surface area (Å²) in [6.45, 7) is 0. The van der Waals surface area contributed by atoms with E-state index >= 15 is 0 Å². The lowest BCUT2D eigenvalue weighted by Crippen LogP contribution is -2.30. The zero-order valence-corrected chi connectivity index (χ0v) is 5.83. The predicted molar refractivity (Wildman–Crippen MR) is 34.2 cm³/mol. The van der Waals surface area contributed by atoms with Gasteiger partial charge in [0, 0.05) is 0 Å². The number of esters is 1. The minimum atomic E-state index is -0.687. The summed E-state index contributed by atoms with van der Waals surface area (Å²) in [5.74, 6) is -0.362. The van der Waals surface area contributed by atoms with Gasteiger partial charge in [-0.3, -0.25) is 4.79 Å². The fourth-order valence-electron chi connectivity index (χ4n) is 0.832. The Morgan fingerprint density at radius 2 is 2.50 bits per heavy atom. The van der Waals surface area contributed by atoms with Crippen LogP contribution >= 0.6 is 0 Å². The van der Waals surface area contributed by atoms with Gasteiger partial charge in [0.2, 0.25) is 0 Å². The summed E-state index contributed by atoms with van der Waals surface area (Å²) < 4.78 is 4.38. The third-order valence-electron chi connectivity index (χ3n) is 1.78. The van der Waals surface area contributed by atoms with Crippen LogP contribution in [0, 0.1) is 0 Å². The average molecular weight is 145 g/mol. The number of aliphatic hydroxyl groups is 1. The Morgan fingerprint density at radius 3 is 2.80 bits per heavy atom. The highest BCUT2D eigenvalue weighted by atomic mass is 16.5. The molecule has 0 aliphatic heterocycles. The summed E-state index contributed by atoms with van der Waals surface area (Å²) in [4.78, 5) is 10.6. The number of ether oxygens (including phenoxy) is 1. The van der Waals surface area contributed by atoms with E-state index in [-0.39, 0.29) is 12.4 Å². The number of nitrogens with two attached hydrogens (primary N) is 1. The van der Waals surface area contributed by atoms with Crippen molar-refractivity contribution in [3.05, 3.63) is 0 Å². The van der Waals surface area contributed by atoms with Crippen LogP contribution in [0.1, 0.15) is 12.8 Å². The normalized spacial score (nSPS) is 37.3. The van der Waals surface area contributed by atoms with Gasteiger partial charge in [0.15, 0.2) is 0 Å². The molecule has 0 saturated heterocycles. The van der Waals surface area contributed by atoms with E-state index in [0.29, 0.717) is 6.42 Å². The summed E-state index contributed by atoms with van der Waals surface area (Å²) in [7, 11) is 1.31. The molecule has 2 atom stereocenters. The molecule has 4 heteroatoms. The lowest BCUT2D eigenvalue weighted by molar-refractivity contribution is -0.141. The number of carbonyl (C=O) groups excluding carboxylic acids is 1. The highest BCUT2D eigenvalue weighted by molar-refractivity contribution is 5.71. The summed E-state index contributed by atoms with van der Waals surface area (Å²) in [6.07, 6.45) is 0.0962. The number of aliphatic hydroxyl groups excluding tert-OH is 1. The fraction of sp³-hybridized carbons (Fsp3) is 0.833. The maximum Gasteiger partial charge on any atom is 0.307 e. The van der Waals surface area contributed by atoms with E-state index in [1.807, 2.05) is 0 Å². The molecule has 0 radical (unpaired) electrons. The fourth-order valence-corrected chi connectivity index (χ4v) is 0.832. The first-order valence-electron chi connectivity index (χ1n) is 3.12. The maximum atomic E-state index is 10.6. The van der Waals surface area contributed by atoms with Gasteiger partial charge < -0.3 is 15.6 Å². The molecule has 0 bridgehead atoms. The molecule has 10 heavy (non-hydrogen) atoms. The Labute approximate surface area is 59.0 Å². The topological polar surface area (TPSA) is 72.5 Å². The third-order valence-corrected chi connectivity index (χ3v) is 1.78. The van der Waals surface area contributed by atoms with Gasteiger partial charge in [0.25, 0.3) is 0 Å². The van der Waals surface area contributed by atoms with Gasteiger partial charge in [-0.25, -0.2) is 0 Å². The molecule has 0 aromatic rings. The lowest BCUT2D eigenvalue weighted by atomic mass is 10.2. The van der Waals surface area contributed by atoms with Gasteiger partial charge in [-0.1, -0.05) is 0 Å². The molecule has 0 aromatic carbocycles. The van der Waals surface area contributed by atoms with Crippen molar-refractivity contribution < 1.29 is 14.6 Å². The number of carbonyl (C=O) groups is 1. The smallest absolute Gasteiger partial charge is 0.307 e. The second kappa shape index (κ2) is 2.21. The molecule has 3 N–H and O–H groups in total. The van der Waals surface area contributed by atoms with E-state index in [1.54, 1.807) is 0 Å². The Morgan fingerprint density at radius 1 is 2.00 bits per heavy atom. The van der Waals surface area contributed by atoms with Gasteiger partial charge in [-0.2, -0.15) is 0 Å². The van der Waals surface area contributed by atoms with E-state index in [4.69, 9.17) is 10.8 Å². The van der Waals surface area contributed by atoms with Crippen LogP contribution in [0.5, 0.6) is 0 Å². The Bertz CT molecular complexity index is 159. The number of rotatable bonds is 2. The molecule has 2 unspecified atom stereocenters. The van der Waals surface area contributed by atoms with E-state index in [9.17, 15) is 4.79 Å². The molecule has 1 saturated carbocycles. The molecular weight excluding hydrogens is 134 g/mol. The first kappa shape index (κ1) is 7.50. The summed E-state index contributed by atoms with van der Waals surface area (Å²) in [5.41, 5.74) is 4.83. The molecule has 0 aromatic heterocycles. The van der Waals surface area contributed by atoms with Gasteiger partial charge in [0.1, 0.15) is 0 Å². The first-order chi connectivity index (χ1) is 4.58. The van der Waals surface area contributed by atoms with Crippen molar-refractivity contribution >= 4 is 5.97 Å². The Balaban J connectivity index is 2.33. The SMILES string of the molecule is COC(=O)CC1(N)CC1O. The molecule has 0 amide bonds. The van der Waals surface area contributed by atoms with E-state index in [0.717, 1.165) is 0 Å². The molecular formula is C6H11NO3. The monoisotopic (exact) mass is 145 g/mol. The Hall–Kier alpha value is -0.610. The Kier molecular flexibility index (Phi) is 1.66. The quantitative estimate of drug-likeness (QED) is 0.489. The first-order valence-corrected chi connectivity index (χ1v) is 3.12. The largest absolute Gasteiger partial charge is 0.469 e. The number of hydrogen-bond donors (Lipinski definition) is 2. The van der Waals surface area contributed by atoms with E-state index in [2.05, 4.69) is 4.74 Å². The van der Waals surface area contributed by atoms with Crippen LogP contribution in [-0.2, 0) is 9.53 Å². The molecule has 4 nitrogen and oxygen atoms in total. The second-order valence-corrected chi connectivity index (χ2v) is 2.71. The third kappa shape index (κ3) is 1.27. The van der Waals surface area contributed by atoms with Crippen molar-refractivity contribution in [3.8, 4) is 0 Å². The highest BCUT2D eigenvalue weighted by Crippen LogP contribution is 2.36. The van der Waals surface area contributed by atoms with Crippen molar-refractivity contribution in [3.63, 3.8) is 0 Å². The minimum Gasteiger partial charge on any atom is -0.469 e. The number of methoxy groups -OCH3 is 1. The van der Waals surface area contributed by atoms with Crippen molar-refractivity contribution in [1.29, 1.82) is 0 Å². The lowest BCUT2D eigenvalue weighted by Gasteiger charge is -2.05. The summed E-state index contributed by atoms with van der Waals surface area (Å²) in [5, 5.41) is 8.90. The van der Waals surface area contributed by atoms with Gasteiger partial charge in [0.05, 0.1) is 25.2 Å². The zero-order chi connectivity index (χ0) is 7.78. The zero-order valence-electron chi connectivity index (χ0n) is 5.83. The minimum absolute atomic E-state index is 0.116. The standard InChI is InChI=1S/C6H11NO3/c1-10-5(9)3-6(7)2-4(6)8/h4,8H,2-3,7H2,1H3. The molecule has 0 heterocycles. The van der Waals surface area contributed by atoms with E-state index < -0.39 is 11.6 Å². The maximum absolute atomic E-state index is 10.6. The van der Waals surface area contributed by atoms with Crippen LogP contribution in [-0.4, -0.2) is 29.8 Å². The highest BCUT2D eigenvalue weighted by Gasteiger charge is 2.51. The number of hydrogen-bond acceptors (Lipinski definition) is 4. The molecule has 1 rings (SSSR count). The van der Waals surface area contributed by atoms with Crippen LogP contribution in [0.3, 0.4) is 0 Å². The van der Waals surface area contributed by atoms with Crippen LogP contribution < -0.4 is 5.73 Å². The van der Waals surface area contributed by atoms with Crippen LogP contribution in [0.15, 0.2) is 0 Å². The van der Waals surface area contributed by atoms with Crippen molar-refractivity contribution in [2.45, 2.75) is 24.5 Å². The van der Waals surface area contributed by atoms with Crippen LogP contribution in [0.4, 0.5) is 0 Å². The average Bonchev–Trinajstić information content (AvgIpc) is 2.40. The second-order valence-electron chi connectivity index (χ2n) is 2.71. The van der Waals surface area contributed by atoms with Crippen LogP contribution in [0.2, 0.25) is 0 Å². The summed E-state index contributed by atoms with van der Waals surface area (Å²) in [6, 6.07) is 0. The van der Waals surface area contributed by atoms with Crippen molar-refractivity contribution in [1.82, 2.24) is 0 Å². The van der Waals surface area contributed by atoms with Gasteiger partial charge in [-0.15, -0.1) is 0 Å². The molecule has 1 aliphatic carbocycles. The summed E-state index contributed by atoms with van der Waals surface area (Å²) >= 11 is 0. The predicted octanol–water partition coefficient (Wildman–Crippen LogP) is -0.988. The van der Waals surface area contributed by atoms with E-state index in [1.165, 1.54) is 7.11 Å². The van der Waals surface area contributed by atoms with Crippen molar-refractivity contribution in [2.75, 3.05) is 7.11 Å². The molecule has 0 spiro atoms. The van der Waals surface area contributed by atoms with Gasteiger partial charge in [-0.05, 0) is 6.42 Å². The molecule has 58 valence electrons. The molecule has 1 fully saturated rings. The van der Waals surface area contributed by atoms with Crippen LogP contribution in [0.25, 0.3) is 0 Å². The van der Waals surface area contributed by atoms with Gasteiger partial charge >= 0.3 is 5.97 Å².